The highest BCUT2D eigenvalue weighted by atomic mass is 19.1. The Morgan fingerprint density at radius 2 is 2.08 bits per heavy atom. The first-order valence-electron chi connectivity index (χ1n) is 13.7. The molecule has 1 fully saturated rings. The molecular formula is C28H25FN6O2. The summed E-state index contributed by atoms with van der Waals surface area (Å²) in [5.74, 6) is -0.256. The normalized spacial score (nSPS) is 19.9. The number of hydrogen-bond donors (Lipinski definition) is 1. The van der Waals surface area contributed by atoms with Gasteiger partial charge in [0, 0.05) is 65.4 Å². The molecule has 0 saturated carbocycles. The molecule has 8 nitrogen and oxygen atoms in total. The predicted octanol–water partition coefficient (Wildman–Crippen LogP) is 4.35. The number of likely N-dealkylation sites (N-methyl/N-ethyl adjacent to an activating group) is 1. The third-order valence-corrected chi connectivity index (χ3v) is 7.61. The summed E-state index contributed by atoms with van der Waals surface area (Å²) in [6.07, 6.45) is 6.24. The number of aliphatic imine (C=N–C) groups is 1. The number of carbonyl (C=O) groups is 1. The molecule has 1 N–H and O–H groups in total. The summed E-state index contributed by atoms with van der Waals surface area (Å²) >= 11 is 0. The first-order chi connectivity index (χ1) is 19.2. The number of carbonyl (C=O) groups excluding carboxylic acids is 1. The van der Waals surface area contributed by atoms with E-state index in [0.717, 1.165) is 24.0 Å². The minimum Gasteiger partial charge on any atom is -0.381 e. The van der Waals surface area contributed by atoms with E-state index in [-0.39, 0.29) is 23.7 Å². The molecule has 0 bridgehead atoms. The maximum atomic E-state index is 13.7. The number of hydrogen-bond acceptors (Lipinski definition) is 6. The van der Waals surface area contributed by atoms with E-state index in [1.807, 2.05) is 18.2 Å². The topological polar surface area (TPSA) is 84.1 Å². The number of amides is 1. The van der Waals surface area contributed by atoms with Crippen molar-refractivity contribution in [3.63, 3.8) is 0 Å². The molecular weight excluding hydrogens is 471 g/mol. The number of nitrogens with zero attached hydrogens (tertiary/aromatic N) is 5. The van der Waals surface area contributed by atoms with Crippen molar-refractivity contribution in [3.05, 3.63) is 77.0 Å². The molecule has 3 aliphatic rings. The number of fused-ring (bicyclic) bond motifs is 4. The van der Waals surface area contributed by atoms with Crippen LogP contribution in [-0.2, 0) is 16.7 Å². The van der Waals surface area contributed by atoms with Crippen LogP contribution in [0.15, 0.2) is 53.8 Å². The maximum absolute atomic E-state index is 13.7. The van der Waals surface area contributed by atoms with Crippen molar-refractivity contribution in [1.82, 2.24) is 19.3 Å². The van der Waals surface area contributed by atoms with Crippen molar-refractivity contribution in [2.24, 2.45) is 4.99 Å². The van der Waals surface area contributed by atoms with E-state index in [4.69, 9.17) is 13.8 Å². The first kappa shape index (κ1) is 19.2. The van der Waals surface area contributed by atoms with Crippen LogP contribution in [0.5, 0.6) is 0 Å². The molecule has 0 radical (unpaired) electrons. The van der Waals surface area contributed by atoms with Gasteiger partial charge in [-0.25, -0.2) is 19.4 Å². The average molecular weight is 500 g/mol. The van der Waals surface area contributed by atoms with Gasteiger partial charge in [-0.15, -0.1) is 0 Å². The summed E-state index contributed by atoms with van der Waals surface area (Å²) in [6, 6.07) is 10.3. The van der Waals surface area contributed by atoms with Crippen LogP contribution >= 0.6 is 0 Å². The predicted molar refractivity (Wildman–Crippen MR) is 138 cm³/mol. The second kappa shape index (κ2) is 8.29. The van der Waals surface area contributed by atoms with Crippen LogP contribution in [0.25, 0.3) is 16.9 Å². The van der Waals surface area contributed by atoms with Gasteiger partial charge in [-0.05, 0) is 43.6 Å². The fourth-order valence-corrected chi connectivity index (χ4v) is 5.84. The van der Waals surface area contributed by atoms with Gasteiger partial charge in [0.05, 0.1) is 28.8 Å². The third kappa shape index (κ3) is 3.57. The fraction of sp³-hybridized carbons (Fsp3) is 0.286. The van der Waals surface area contributed by atoms with Crippen molar-refractivity contribution in [2.45, 2.75) is 24.8 Å². The molecule has 9 heteroatoms. The van der Waals surface area contributed by atoms with Crippen molar-refractivity contribution >= 4 is 29.3 Å². The van der Waals surface area contributed by atoms with Crippen LogP contribution in [-0.4, -0.2) is 58.1 Å². The fourth-order valence-electron chi connectivity index (χ4n) is 5.84. The van der Waals surface area contributed by atoms with E-state index >= 15 is 0 Å². The van der Waals surface area contributed by atoms with E-state index in [0.29, 0.717) is 59.4 Å². The number of nitrogens with one attached hydrogen (secondary N) is 1. The molecule has 0 atom stereocenters. The summed E-state index contributed by atoms with van der Waals surface area (Å²) in [5.41, 5.74) is 4.92. The van der Waals surface area contributed by atoms with Crippen LogP contribution in [0.3, 0.4) is 0 Å². The minimum absolute atomic E-state index is 0.206. The van der Waals surface area contributed by atoms with Crippen LogP contribution < -0.4 is 5.32 Å². The summed E-state index contributed by atoms with van der Waals surface area (Å²) in [7, 11) is 0. The average Bonchev–Trinajstić information content (AvgIpc) is 3.52. The lowest BCUT2D eigenvalue weighted by molar-refractivity contribution is 0.0299. The Balaban J connectivity index is 1.26. The second-order valence-corrected chi connectivity index (χ2v) is 9.79. The van der Waals surface area contributed by atoms with Gasteiger partial charge in [-0.2, -0.15) is 0 Å². The monoisotopic (exact) mass is 499 g/mol. The van der Waals surface area contributed by atoms with Crippen molar-refractivity contribution in [1.29, 1.82) is 0 Å². The molecule has 3 aromatic heterocycles. The number of pyridine rings is 2. The standard InChI is InChI=1S/C28H25FN6O2/c1-34-15-22-20(28(16-34)7-10-37-11-8-28)3-5-24(33-22)32-21-4-2-18(19-13-31-27(36)26(19)21)23-14-30-25-12-17(29)6-9-35(23)25/h2-6,9,12-14H,7-8,10-11,15-16H2,1H3,(H,32,33)/i1D3. The van der Waals surface area contributed by atoms with E-state index < -0.39 is 6.98 Å². The zero-order valence-electron chi connectivity index (χ0n) is 22.9. The molecule has 4 aromatic rings. The first-order valence-corrected chi connectivity index (χ1v) is 12.2. The maximum Gasteiger partial charge on any atom is 0.279 e. The van der Waals surface area contributed by atoms with Crippen LogP contribution in [0, 0.1) is 5.82 Å². The summed E-state index contributed by atoms with van der Waals surface area (Å²) < 4.78 is 45.2. The number of imidazole rings is 1. The minimum atomic E-state index is -2.24. The van der Waals surface area contributed by atoms with Crippen molar-refractivity contribution in [3.8, 4) is 11.3 Å². The molecule has 1 spiro atoms. The molecule has 0 unspecified atom stereocenters. The van der Waals surface area contributed by atoms with Gasteiger partial charge in [0.15, 0.2) is 0 Å². The zero-order valence-corrected chi connectivity index (χ0v) is 19.9. The highest BCUT2D eigenvalue weighted by Crippen LogP contribution is 2.41. The number of ether oxygens (including phenoxy) is 1. The smallest absolute Gasteiger partial charge is 0.279 e. The number of benzene rings is 1. The van der Waals surface area contributed by atoms with E-state index in [2.05, 4.69) is 15.3 Å². The summed E-state index contributed by atoms with van der Waals surface area (Å²) in [6.45, 7) is -0.437. The Labute approximate surface area is 217 Å². The van der Waals surface area contributed by atoms with Gasteiger partial charge < -0.3 is 10.1 Å². The molecule has 3 aliphatic heterocycles. The third-order valence-electron chi connectivity index (χ3n) is 7.61. The largest absolute Gasteiger partial charge is 0.381 e. The molecule has 186 valence electrons. The quantitative estimate of drug-likeness (QED) is 0.451. The zero-order chi connectivity index (χ0) is 27.6. The highest BCUT2D eigenvalue weighted by molar-refractivity contribution is 6.19. The Bertz CT molecular complexity index is 1710. The van der Waals surface area contributed by atoms with Crippen LogP contribution in [0.2, 0.25) is 0 Å². The number of halogens is 1. The SMILES string of the molecule is [2H]C([2H])([2H])N1Cc2nc(Nc3ccc(-c4cnc5cc(F)ccn45)c4c3C(=O)N=C4)ccc2C2(CCOCC2)C1. The highest BCUT2D eigenvalue weighted by Gasteiger charge is 2.40. The van der Waals surface area contributed by atoms with Gasteiger partial charge in [0.25, 0.3) is 5.91 Å². The number of anilines is 2. The van der Waals surface area contributed by atoms with Crippen LogP contribution in [0.1, 0.15) is 44.1 Å². The molecule has 1 saturated heterocycles. The Kier molecular flexibility index (Phi) is 4.30. The van der Waals surface area contributed by atoms with E-state index in [9.17, 15) is 9.18 Å². The Morgan fingerprint density at radius 1 is 1.19 bits per heavy atom. The number of aromatic nitrogens is 3. The van der Waals surface area contributed by atoms with Crippen molar-refractivity contribution < 1.29 is 18.0 Å². The lowest BCUT2D eigenvalue weighted by Gasteiger charge is -2.44. The Morgan fingerprint density at radius 3 is 2.95 bits per heavy atom. The molecule has 1 amide bonds. The van der Waals surface area contributed by atoms with Gasteiger partial charge in [0.2, 0.25) is 0 Å². The van der Waals surface area contributed by atoms with Gasteiger partial charge in [-0.1, -0.05) is 12.1 Å². The van der Waals surface area contributed by atoms with E-state index in [1.165, 1.54) is 23.2 Å². The van der Waals surface area contributed by atoms with E-state index in [1.54, 1.807) is 22.9 Å². The van der Waals surface area contributed by atoms with Gasteiger partial charge >= 0.3 is 0 Å². The summed E-state index contributed by atoms with van der Waals surface area (Å²) in [5, 5.41) is 3.28. The molecule has 0 aliphatic carbocycles. The lowest BCUT2D eigenvalue weighted by atomic mass is 9.71. The second-order valence-electron chi connectivity index (χ2n) is 9.79. The Hall–Kier alpha value is -3.95. The molecule has 37 heavy (non-hydrogen) atoms. The summed E-state index contributed by atoms with van der Waals surface area (Å²) in [4.78, 5) is 27.6. The van der Waals surface area contributed by atoms with Gasteiger partial charge in [-0.3, -0.25) is 14.1 Å². The van der Waals surface area contributed by atoms with Crippen molar-refractivity contribution in [2.75, 3.05) is 32.1 Å². The molecule has 7 rings (SSSR count). The molecule has 1 aromatic carbocycles. The molecule has 6 heterocycles. The lowest BCUT2D eigenvalue weighted by Crippen LogP contribution is -2.47. The number of rotatable bonds is 3. The van der Waals surface area contributed by atoms with Gasteiger partial charge in [0.1, 0.15) is 17.3 Å². The van der Waals surface area contributed by atoms with Crippen LogP contribution in [0.4, 0.5) is 15.9 Å².